The summed E-state index contributed by atoms with van der Waals surface area (Å²) in [6, 6.07) is 9.85. The quantitative estimate of drug-likeness (QED) is 0.854. The molecule has 2 heterocycles. The van der Waals surface area contributed by atoms with Gasteiger partial charge < -0.3 is 5.11 Å². The summed E-state index contributed by atoms with van der Waals surface area (Å²) < 4.78 is 0. The highest BCUT2D eigenvalue weighted by Gasteiger charge is 2.40. The van der Waals surface area contributed by atoms with Crippen LogP contribution in [0.3, 0.4) is 0 Å². The number of pyridine rings is 1. The first-order valence-electron chi connectivity index (χ1n) is 6.21. The molecule has 1 atom stereocenters. The third-order valence-corrected chi connectivity index (χ3v) is 3.39. The Bertz CT molecular complexity index is 635. The van der Waals surface area contributed by atoms with Gasteiger partial charge in [-0.2, -0.15) is 0 Å². The van der Waals surface area contributed by atoms with E-state index in [0.717, 1.165) is 10.5 Å². The van der Waals surface area contributed by atoms with E-state index in [1.807, 2.05) is 6.07 Å². The second kappa shape index (κ2) is 4.86. The van der Waals surface area contributed by atoms with E-state index in [-0.39, 0.29) is 12.2 Å². The molecule has 1 aromatic carbocycles. The molecule has 5 heteroatoms. The van der Waals surface area contributed by atoms with Gasteiger partial charge in [-0.05, 0) is 11.6 Å². The maximum Gasteiger partial charge on any atom is 0.263 e. The number of nitrogens with zero attached hydrogens (tertiary/aromatic N) is 2. The van der Waals surface area contributed by atoms with Crippen molar-refractivity contribution >= 4 is 11.8 Å². The molecule has 0 bridgehead atoms. The average Bonchev–Trinajstić information content (AvgIpc) is 2.75. The number of imide groups is 1. The largest absolute Gasteiger partial charge is 0.394 e. The second-order valence-electron chi connectivity index (χ2n) is 4.51. The van der Waals surface area contributed by atoms with E-state index in [4.69, 9.17) is 0 Å². The van der Waals surface area contributed by atoms with Crippen LogP contribution in [0.15, 0.2) is 48.8 Å². The van der Waals surface area contributed by atoms with Crippen LogP contribution in [0, 0.1) is 0 Å². The summed E-state index contributed by atoms with van der Waals surface area (Å²) in [5.74, 6) is -0.809. The molecular formula is C15H12N2O3. The summed E-state index contributed by atoms with van der Waals surface area (Å²) in [6.45, 7) is -0.317. The molecule has 0 saturated carbocycles. The molecular weight excluding hydrogens is 256 g/mol. The van der Waals surface area contributed by atoms with Crippen molar-refractivity contribution in [2.24, 2.45) is 0 Å². The van der Waals surface area contributed by atoms with Gasteiger partial charge in [-0.25, -0.2) is 0 Å². The van der Waals surface area contributed by atoms with Gasteiger partial charge in [-0.1, -0.05) is 30.3 Å². The second-order valence-corrected chi connectivity index (χ2v) is 4.51. The normalized spacial score (nSPS) is 15.3. The molecule has 1 N–H and O–H groups in total. The molecule has 20 heavy (non-hydrogen) atoms. The fraction of sp³-hybridized carbons (Fsp3) is 0.133. The Hall–Kier alpha value is -2.53. The van der Waals surface area contributed by atoms with Gasteiger partial charge >= 0.3 is 0 Å². The minimum atomic E-state index is -0.677. The summed E-state index contributed by atoms with van der Waals surface area (Å²) >= 11 is 0. The minimum absolute atomic E-state index is 0.284. The number of rotatable bonds is 3. The Labute approximate surface area is 115 Å². The van der Waals surface area contributed by atoms with Crippen LogP contribution in [0.1, 0.15) is 32.3 Å². The van der Waals surface area contributed by atoms with E-state index in [1.165, 1.54) is 18.5 Å². The fourth-order valence-electron chi connectivity index (χ4n) is 2.40. The van der Waals surface area contributed by atoms with E-state index in [1.54, 1.807) is 24.3 Å². The lowest BCUT2D eigenvalue weighted by molar-refractivity contribution is 0.0514. The molecule has 0 saturated heterocycles. The highest BCUT2D eigenvalue weighted by Crippen LogP contribution is 2.30. The van der Waals surface area contributed by atoms with Gasteiger partial charge in [0, 0.05) is 12.4 Å². The van der Waals surface area contributed by atoms with Gasteiger partial charge in [0.1, 0.15) is 0 Å². The first-order chi connectivity index (χ1) is 9.74. The molecule has 1 aliphatic heterocycles. The van der Waals surface area contributed by atoms with E-state index in [9.17, 15) is 14.7 Å². The number of aliphatic hydroxyl groups excluding tert-OH is 1. The van der Waals surface area contributed by atoms with Crippen LogP contribution < -0.4 is 0 Å². The summed E-state index contributed by atoms with van der Waals surface area (Å²) in [6.07, 6.45) is 2.86. The summed E-state index contributed by atoms with van der Waals surface area (Å²) in [5.41, 5.74) is 1.34. The molecule has 2 aromatic rings. The van der Waals surface area contributed by atoms with E-state index < -0.39 is 17.9 Å². The molecule has 0 radical (unpaired) electrons. The smallest absolute Gasteiger partial charge is 0.263 e. The van der Waals surface area contributed by atoms with Gasteiger partial charge in [-0.3, -0.25) is 19.5 Å². The first-order valence-corrected chi connectivity index (χ1v) is 6.21. The van der Waals surface area contributed by atoms with Crippen molar-refractivity contribution < 1.29 is 14.7 Å². The lowest BCUT2D eigenvalue weighted by Gasteiger charge is -2.24. The van der Waals surface area contributed by atoms with Crippen LogP contribution in [0.2, 0.25) is 0 Å². The van der Waals surface area contributed by atoms with E-state index >= 15 is 0 Å². The van der Waals surface area contributed by atoms with Gasteiger partial charge in [-0.15, -0.1) is 0 Å². The Kier molecular flexibility index (Phi) is 3.04. The molecule has 1 aromatic heterocycles. The number of amides is 2. The van der Waals surface area contributed by atoms with Crippen molar-refractivity contribution in [3.8, 4) is 0 Å². The van der Waals surface area contributed by atoms with Crippen LogP contribution in [-0.2, 0) is 0 Å². The van der Waals surface area contributed by atoms with Gasteiger partial charge in [0.15, 0.2) is 0 Å². The molecule has 0 fully saturated rings. The van der Waals surface area contributed by atoms with Crippen molar-refractivity contribution in [2.75, 3.05) is 6.61 Å². The average molecular weight is 268 g/mol. The SMILES string of the molecule is O=C1c2ccncc2C(=O)N1[C@@H](CO)c1ccccc1. The number of hydrogen-bond donors (Lipinski definition) is 1. The highest BCUT2D eigenvalue weighted by molar-refractivity contribution is 6.21. The molecule has 0 aliphatic carbocycles. The lowest BCUT2D eigenvalue weighted by atomic mass is 10.1. The molecule has 0 spiro atoms. The maximum absolute atomic E-state index is 12.3. The number of carbonyl (C=O) groups excluding carboxylic acids is 2. The molecule has 2 amide bonds. The fourth-order valence-corrected chi connectivity index (χ4v) is 2.40. The standard InChI is InChI=1S/C15H12N2O3/c18-9-13(10-4-2-1-3-5-10)17-14(19)11-6-7-16-8-12(11)15(17)20/h1-8,13,18H,9H2/t13-/m0/s1. The third-order valence-electron chi connectivity index (χ3n) is 3.39. The van der Waals surface area contributed by atoms with Crippen molar-refractivity contribution in [3.63, 3.8) is 0 Å². The summed E-state index contributed by atoms with van der Waals surface area (Å²) in [7, 11) is 0. The monoisotopic (exact) mass is 268 g/mol. The van der Waals surface area contributed by atoms with E-state index in [0.29, 0.717) is 5.56 Å². The predicted octanol–water partition coefficient (Wildman–Crippen LogP) is 1.41. The van der Waals surface area contributed by atoms with Gasteiger partial charge in [0.05, 0.1) is 23.8 Å². The summed E-state index contributed by atoms with van der Waals surface area (Å²) in [4.78, 5) is 29.7. The van der Waals surface area contributed by atoms with Gasteiger partial charge in [0.25, 0.3) is 11.8 Å². The number of carbonyl (C=O) groups is 2. The number of aromatic nitrogens is 1. The number of aliphatic hydroxyl groups is 1. The molecule has 100 valence electrons. The van der Waals surface area contributed by atoms with Crippen molar-refractivity contribution in [1.29, 1.82) is 0 Å². The van der Waals surface area contributed by atoms with Crippen LogP contribution in [0.25, 0.3) is 0 Å². The van der Waals surface area contributed by atoms with Crippen LogP contribution in [0.5, 0.6) is 0 Å². The Balaban J connectivity index is 2.03. The number of benzene rings is 1. The Morgan fingerprint density at radius 2 is 1.75 bits per heavy atom. The zero-order valence-electron chi connectivity index (χ0n) is 10.6. The predicted molar refractivity (Wildman–Crippen MR) is 71.0 cm³/mol. The number of fused-ring (bicyclic) bond motifs is 1. The molecule has 0 unspecified atom stereocenters. The van der Waals surface area contributed by atoms with Crippen LogP contribution in [0.4, 0.5) is 0 Å². The zero-order chi connectivity index (χ0) is 14.1. The Morgan fingerprint density at radius 3 is 2.40 bits per heavy atom. The molecule has 5 nitrogen and oxygen atoms in total. The van der Waals surface area contributed by atoms with Crippen molar-refractivity contribution in [1.82, 2.24) is 9.88 Å². The van der Waals surface area contributed by atoms with Gasteiger partial charge in [0.2, 0.25) is 0 Å². The third kappa shape index (κ3) is 1.80. The van der Waals surface area contributed by atoms with E-state index in [2.05, 4.69) is 4.98 Å². The highest BCUT2D eigenvalue weighted by atomic mass is 16.3. The van der Waals surface area contributed by atoms with Crippen molar-refractivity contribution in [3.05, 3.63) is 65.5 Å². The number of hydrogen-bond acceptors (Lipinski definition) is 4. The van der Waals surface area contributed by atoms with Crippen LogP contribution in [-0.4, -0.2) is 33.4 Å². The molecule has 1 aliphatic rings. The topological polar surface area (TPSA) is 70.5 Å². The van der Waals surface area contributed by atoms with Crippen LogP contribution >= 0.6 is 0 Å². The molecule has 3 rings (SSSR count). The first kappa shape index (κ1) is 12.5. The minimum Gasteiger partial charge on any atom is -0.394 e. The zero-order valence-corrected chi connectivity index (χ0v) is 10.6. The Morgan fingerprint density at radius 1 is 1.05 bits per heavy atom. The lowest BCUT2D eigenvalue weighted by Crippen LogP contribution is -2.36. The maximum atomic E-state index is 12.3. The summed E-state index contributed by atoms with van der Waals surface area (Å²) in [5, 5.41) is 9.59. The van der Waals surface area contributed by atoms with Crippen molar-refractivity contribution in [2.45, 2.75) is 6.04 Å².